The molecule has 5 rings (SSSR count). The second-order valence-corrected chi connectivity index (χ2v) is 17.9. The largest absolute Gasteiger partial charge is 0.370 e. The Morgan fingerprint density at radius 1 is 0.688 bits per heavy atom. The Kier molecular flexibility index (Phi) is 16.9. The highest BCUT2D eigenvalue weighted by Gasteiger charge is 2.42. The van der Waals surface area contributed by atoms with E-state index in [-0.39, 0.29) is 44.2 Å². The SMILES string of the molecule is CC[C@H](C)[C@@H]1NC(=O)[C@H](CC(C)C)NC(=O)[C@@H]2CCCN2C(=O)[C@H](CC(N)=O)NC(=O)[C@H](Cc2c[nH]c3ccccc23)NC(=O)[C@H]([C@@H](C)CC)NC(=O)[C@@H]2CCCN2C(=O)CNC1=O. The summed E-state index contributed by atoms with van der Waals surface area (Å²) >= 11 is 0. The van der Waals surface area contributed by atoms with Gasteiger partial charge in [-0.25, -0.2) is 0 Å². The van der Waals surface area contributed by atoms with Crippen molar-refractivity contribution in [1.29, 1.82) is 0 Å². The first-order valence-corrected chi connectivity index (χ1v) is 22.7. The van der Waals surface area contributed by atoms with Crippen LogP contribution in [0.3, 0.4) is 0 Å². The number of H-pyrrole nitrogens is 1. The zero-order valence-corrected chi connectivity index (χ0v) is 37.8. The van der Waals surface area contributed by atoms with Crippen LogP contribution in [0.2, 0.25) is 0 Å². The second kappa shape index (κ2) is 22.1. The number of para-hydroxylation sites is 1. The maximum atomic E-state index is 14.5. The maximum Gasteiger partial charge on any atom is 0.246 e. The molecule has 4 heterocycles. The molecule has 9 atom stereocenters. The predicted molar refractivity (Wildman–Crippen MR) is 236 cm³/mol. The van der Waals surface area contributed by atoms with E-state index < -0.39 is 114 Å². The highest BCUT2D eigenvalue weighted by molar-refractivity contribution is 6.00. The van der Waals surface area contributed by atoms with Crippen LogP contribution in [0.15, 0.2) is 30.5 Å². The Labute approximate surface area is 373 Å². The lowest BCUT2D eigenvalue weighted by atomic mass is 9.96. The van der Waals surface area contributed by atoms with Gasteiger partial charge >= 0.3 is 0 Å². The first-order chi connectivity index (χ1) is 30.4. The van der Waals surface area contributed by atoms with Crippen LogP contribution in [0, 0.1) is 17.8 Å². The Morgan fingerprint density at radius 2 is 1.23 bits per heavy atom. The lowest BCUT2D eigenvalue weighted by Crippen LogP contribution is -2.61. The van der Waals surface area contributed by atoms with E-state index in [9.17, 15) is 43.2 Å². The van der Waals surface area contributed by atoms with Gasteiger partial charge in [-0.15, -0.1) is 0 Å². The highest BCUT2D eigenvalue weighted by atomic mass is 16.2. The molecule has 0 saturated carbocycles. The Morgan fingerprint density at radius 3 is 1.88 bits per heavy atom. The van der Waals surface area contributed by atoms with E-state index in [1.165, 1.54) is 9.80 Å². The number of carbonyl (C=O) groups excluding carboxylic acids is 9. The van der Waals surface area contributed by atoms with Crippen LogP contribution < -0.4 is 37.6 Å². The van der Waals surface area contributed by atoms with Gasteiger partial charge < -0.3 is 52.4 Å². The zero-order chi connectivity index (χ0) is 46.8. The smallest absolute Gasteiger partial charge is 0.246 e. The summed E-state index contributed by atoms with van der Waals surface area (Å²) in [6, 6.07) is -0.919. The number of carbonyl (C=O) groups is 9. The number of hydrogen-bond acceptors (Lipinski definition) is 9. The van der Waals surface area contributed by atoms with Gasteiger partial charge in [0.2, 0.25) is 53.2 Å². The summed E-state index contributed by atoms with van der Waals surface area (Å²) in [4.78, 5) is 131. The fraction of sp³-hybridized carbons (Fsp3) is 0.622. The Balaban J connectivity index is 1.54. The van der Waals surface area contributed by atoms with Crippen LogP contribution in [-0.2, 0) is 49.6 Å². The molecule has 0 spiro atoms. The number of fused-ring (bicyclic) bond motifs is 3. The molecule has 3 aliphatic heterocycles. The van der Waals surface area contributed by atoms with Crippen molar-refractivity contribution in [3.63, 3.8) is 0 Å². The fourth-order valence-corrected chi connectivity index (χ4v) is 8.76. The molecule has 1 aromatic carbocycles. The number of aromatic amines is 1. The summed E-state index contributed by atoms with van der Waals surface area (Å²) < 4.78 is 0. The van der Waals surface area contributed by atoms with Gasteiger partial charge in [0, 0.05) is 36.6 Å². The van der Waals surface area contributed by atoms with Crippen LogP contribution in [-0.4, -0.2) is 130 Å². The van der Waals surface area contributed by atoms with Gasteiger partial charge in [-0.1, -0.05) is 72.6 Å². The first kappa shape index (κ1) is 49.0. The third-order valence-corrected chi connectivity index (χ3v) is 12.8. The topological polar surface area (TPSA) is 274 Å². The number of benzene rings is 1. The van der Waals surface area contributed by atoms with Crippen molar-refractivity contribution in [2.45, 2.75) is 142 Å². The molecule has 0 radical (unpaired) electrons. The van der Waals surface area contributed by atoms with Crippen molar-refractivity contribution in [2.24, 2.45) is 23.5 Å². The molecule has 3 aliphatic rings. The van der Waals surface area contributed by atoms with Crippen molar-refractivity contribution < 1.29 is 43.2 Å². The van der Waals surface area contributed by atoms with Gasteiger partial charge in [-0.3, -0.25) is 43.2 Å². The van der Waals surface area contributed by atoms with Crippen LogP contribution in [0.5, 0.6) is 0 Å². The van der Waals surface area contributed by atoms with E-state index in [0.29, 0.717) is 37.7 Å². The summed E-state index contributed by atoms with van der Waals surface area (Å²) in [6.07, 6.45) is 3.54. The van der Waals surface area contributed by atoms with Gasteiger partial charge in [-0.2, -0.15) is 0 Å². The lowest BCUT2D eigenvalue weighted by molar-refractivity contribution is -0.143. The quantitative estimate of drug-likeness (QED) is 0.162. The molecule has 0 aliphatic carbocycles. The number of nitrogens with zero attached hydrogens (tertiary/aromatic N) is 2. The average Bonchev–Trinajstić information content (AvgIpc) is 4.05. The number of nitrogens with one attached hydrogen (secondary N) is 7. The van der Waals surface area contributed by atoms with E-state index >= 15 is 0 Å². The third kappa shape index (κ3) is 12.0. The number of hydrogen-bond donors (Lipinski definition) is 8. The zero-order valence-electron chi connectivity index (χ0n) is 37.8. The van der Waals surface area contributed by atoms with E-state index in [2.05, 4.69) is 36.9 Å². The molecule has 0 bridgehead atoms. The summed E-state index contributed by atoms with van der Waals surface area (Å²) in [5, 5.41) is 17.3. The molecule has 64 heavy (non-hydrogen) atoms. The van der Waals surface area contributed by atoms with Gasteiger partial charge in [-0.05, 0) is 61.5 Å². The maximum absolute atomic E-state index is 14.5. The monoisotopic (exact) mass is 891 g/mol. The Hall–Kier alpha value is -6.01. The molecule has 350 valence electrons. The minimum Gasteiger partial charge on any atom is -0.370 e. The normalized spacial score (nSPS) is 27.1. The van der Waals surface area contributed by atoms with E-state index in [0.717, 1.165) is 10.9 Å². The second-order valence-electron chi connectivity index (χ2n) is 17.9. The molecule has 19 heteroatoms. The van der Waals surface area contributed by atoms with Crippen molar-refractivity contribution in [3.05, 3.63) is 36.0 Å². The summed E-state index contributed by atoms with van der Waals surface area (Å²) in [7, 11) is 0. The fourth-order valence-electron chi connectivity index (χ4n) is 8.76. The van der Waals surface area contributed by atoms with Crippen LogP contribution >= 0.6 is 0 Å². The van der Waals surface area contributed by atoms with Crippen molar-refractivity contribution in [2.75, 3.05) is 19.6 Å². The van der Waals surface area contributed by atoms with Gasteiger partial charge in [0.25, 0.3) is 0 Å². The van der Waals surface area contributed by atoms with Crippen molar-refractivity contribution >= 4 is 64.1 Å². The van der Waals surface area contributed by atoms with Crippen molar-refractivity contribution in [3.8, 4) is 0 Å². The predicted octanol–water partition coefficient (Wildman–Crippen LogP) is 0.260. The van der Waals surface area contributed by atoms with E-state index in [1.807, 2.05) is 52.0 Å². The van der Waals surface area contributed by atoms with E-state index in [4.69, 9.17) is 5.73 Å². The van der Waals surface area contributed by atoms with Gasteiger partial charge in [0.15, 0.2) is 0 Å². The molecule has 1 aromatic heterocycles. The average molecular weight is 891 g/mol. The number of rotatable bonds is 10. The number of primary amides is 1. The molecular weight excluding hydrogens is 825 g/mol. The van der Waals surface area contributed by atoms with Crippen LogP contribution in [0.4, 0.5) is 0 Å². The lowest BCUT2D eigenvalue weighted by Gasteiger charge is -2.32. The third-order valence-electron chi connectivity index (χ3n) is 12.8. The molecule has 3 fully saturated rings. The first-order valence-electron chi connectivity index (χ1n) is 22.7. The molecule has 3 saturated heterocycles. The Bertz CT molecular complexity index is 2070. The minimum atomic E-state index is -1.54. The molecule has 9 amide bonds. The summed E-state index contributed by atoms with van der Waals surface area (Å²) in [5.41, 5.74) is 7.07. The molecule has 0 unspecified atom stereocenters. The molecular formula is C45H66N10O9. The van der Waals surface area contributed by atoms with Crippen LogP contribution in [0.25, 0.3) is 10.9 Å². The standard InChI is InChI=1S/C45H66N10O9/c1-7-25(5)37-43(62)48-23-36(57)54-17-11-15-33(54)42(61)53-38(26(6)8-2)44(63)50-31(20-27-22-47-29-14-10-9-13-28(27)29)39(58)51-32(21-35(46)56)45(64)55-18-12-16-34(55)41(60)49-30(19-24(3)4)40(59)52-37/h9-10,13-14,22,24-26,30-34,37-38,47H,7-8,11-12,15-21,23H2,1-6H3,(H2,46,56)(H,48,62)(H,49,60)(H,50,63)(H,51,58)(H,52,59)(H,53,61)/t25-,26-,30-,31-,32-,33-,34-,37-,38-/m0/s1. The van der Waals surface area contributed by atoms with Gasteiger partial charge in [0.05, 0.1) is 13.0 Å². The number of aromatic nitrogens is 1. The van der Waals surface area contributed by atoms with Gasteiger partial charge in [0.1, 0.15) is 42.3 Å². The molecule has 9 N–H and O–H groups in total. The summed E-state index contributed by atoms with van der Waals surface area (Å²) in [6.45, 7) is 10.8. The minimum absolute atomic E-state index is 0.0667. The van der Waals surface area contributed by atoms with E-state index in [1.54, 1.807) is 20.0 Å². The molecule has 19 nitrogen and oxygen atoms in total. The van der Waals surface area contributed by atoms with Crippen molar-refractivity contribution in [1.82, 2.24) is 46.7 Å². The number of nitrogens with two attached hydrogens (primary N) is 1. The van der Waals surface area contributed by atoms with Crippen LogP contribution in [0.1, 0.15) is 98.5 Å². The summed E-state index contributed by atoms with van der Waals surface area (Å²) in [5.74, 6) is -7.08. The molecule has 2 aromatic rings. The number of amides is 9. The highest BCUT2D eigenvalue weighted by Crippen LogP contribution is 2.23.